The molecule has 0 saturated heterocycles. The van der Waals surface area contributed by atoms with E-state index in [0.29, 0.717) is 12.3 Å². The summed E-state index contributed by atoms with van der Waals surface area (Å²) in [6.07, 6.45) is 0.566. The fraction of sp³-hybridized carbons (Fsp3) is 0.889. The minimum atomic E-state index is -0.494. The minimum absolute atomic E-state index is 0.0506. The Balaban J connectivity index is 3.84. The van der Waals surface area contributed by atoms with Gasteiger partial charge in [-0.1, -0.05) is 20.8 Å². The summed E-state index contributed by atoms with van der Waals surface area (Å²) in [4.78, 5) is 11.1. The van der Waals surface area contributed by atoms with Gasteiger partial charge in [-0.2, -0.15) is 0 Å². The first-order chi connectivity index (χ1) is 5.49. The largest absolute Gasteiger partial charge is 0.461 e. The Kier molecular flexibility index (Phi) is 5.31. The molecular weight excluding hydrogens is 176 g/mol. The van der Waals surface area contributed by atoms with Gasteiger partial charge in [0.1, 0.15) is 11.5 Å². The first-order valence-electron chi connectivity index (χ1n) is 4.33. The van der Waals surface area contributed by atoms with Gasteiger partial charge in [0.2, 0.25) is 0 Å². The monoisotopic (exact) mass is 192 g/mol. The van der Waals surface area contributed by atoms with Gasteiger partial charge in [-0.25, -0.2) is 0 Å². The van der Waals surface area contributed by atoms with Crippen LogP contribution in [0.2, 0.25) is 0 Å². The van der Waals surface area contributed by atoms with Crippen LogP contribution >= 0.6 is 11.6 Å². The molecule has 0 aliphatic rings. The zero-order valence-corrected chi connectivity index (χ0v) is 8.89. The van der Waals surface area contributed by atoms with E-state index in [1.54, 1.807) is 0 Å². The Labute approximate surface area is 79.2 Å². The maximum Gasteiger partial charge on any atom is 0.324 e. The topological polar surface area (TPSA) is 26.3 Å². The molecule has 2 nitrogen and oxygen atoms in total. The van der Waals surface area contributed by atoms with Crippen LogP contribution in [-0.4, -0.2) is 17.5 Å². The first kappa shape index (κ1) is 11.8. The number of carbonyl (C=O) groups is 1. The van der Waals surface area contributed by atoms with Crippen LogP contribution in [0.15, 0.2) is 0 Å². The van der Waals surface area contributed by atoms with Crippen molar-refractivity contribution >= 4 is 17.6 Å². The van der Waals surface area contributed by atoms with Crippen LogP contribution in [0.25, 0.3) is 0 Å². The van der Waals surface area contributed by atoms with Gasteiger partial charge >= 0.3 is 5.97 Å². The van der Waals surface area contributed by atoms with Gasteiger partial charge in [-0.15, -0.1) is 11.6 Å². The molecule has 0 bridgehead atoms. The van der Waals surface area contributed by atoms with Crippen molar-refractivity contribution in [2.45, 2.75) is 45.6 Å². The Morgan fingerprint density at radius 2 is 1.92 bits per heavy atom. The van der Waals surface area contributed by atoms with E-state index in [9.17, 15) is 4.79 Å². The van der Waals surface area contributed by atoms with Crippen molar-refractivity contribution < 1.29 is 9.53 Å². The van der Waals surface area contributed by atoms with Crippen LogP contribution in [0.1, 0.15) is 34.1 Å². The van der Waals surface area contributed by atoms with Crippen LogP contribution in [0.5, 0.6) is 0 Å². The van der Waals surface area contributed by atoms with Gasteiger partial charge in [0.05, 0.1) is 0 Å². The molecule has 0 heterocycles. The molecular formula is C9H17ClO2. The molecule has 0 spiro atoms. The van der Waals surface area contributed by atoms with Gasteiger partial charge in [0.25, 0.3) is 0 Å². The van der Waals surface area contributed by atoms with E-state index in [2.05, 4.69) is 0 Å². The quantitative estimate of drug-likeness (QED) is 0.506. The number of hydrogen-bond acceptors (Lipinski definition) is 2. The molecule has 0 aromatic rings. The van der Waals surface area contributed by atoms with E-state index < -0.39 is 5.38 Å². The predicted octanol–water partition coefficient (Wildman–Crippen LogP) is 2.59. The van der Waals surface area contributed by atoms with E-state index >= 15 is 0 Å². The number of hydrogen-bond donors (Lipinski definition) is 0. The van der Waals surface area contributed by atoms with Crippen molar-refractivity contribution in [3.8, 4) is 0 Å². The second-order valence-corrected chi connectivity index (χ2v) is 3.79. The fourth-order valence-corrected chi connectivity index (χ4v) is 0.611. The molecule has 0 amide bonds. The number of esters is 1. The van der Waals surface area contributed by atoms with Crippen LogP contribution in [0.3, 0.4) is 0 Å². The average Bonchev–Trinajstić information content (AvgIpc) is 2.02. The normalized spacial score (nSPS) is 15.8. The lowest BCUT2D eigenvalue weighted by atomic mass is 10.1. The number of alkyl halides is 1. The molecule has 0 N–H and O–H groups in total. The highest BCUT2D eigenvalue weighted by Crippen LogP contribution is 2.10. The number of carbonyl (C=O) groups excluding carboxylic acids is 1. The van der Waals surface area contributed by atoms with Gasteiger partial charge in [0.15, 0.2) is 0 Å². The number of ether oxygens (including phenoxy) is 1. The smallest absolute Gasteiger partial charge is 0.324 e. The molecule has 0 fully saturated rings. The molecule has 0 radical (unpaired) electrons. The lowest BCUT2D eigenvalue weighted by Crippen LogP contribution is -2.25. The maximum atomic E-state index is 11.1. The van der Waals surface area contributed by atoms with Crippen molar-refractivity contribution in [2.24, 2.45) is 5.92 Å². The van der Waals surface area contributed by atoms with E-state index in [-0.39, 0.29) is 12.1 Å². The van der Waals surface area contributed by atoms with E-state index in [1.807, 2.05) is 27.7 Å². The zero-order chi connectivity index (χ0) is 9.72. The maximum absolute atomic E-state index is 11.1. The molecule has 0 aliphatic heterocycles. The summed E-state index contributed by atoms with van der Waals surface area (Å²) < 4.78 is 5.09. The molecule has 2 atom stereocenters. The van der Waals surface area contributed by atoms with E-state index in [1.165, 1.54) is 0 Å². The third kappa shape index (κ3) is 3.96. The molecule has 3 heteroatoms. The third-order valence-electron chi connectivity index (χ3n) is 1.86. The number of halogens is 1. The predicted molar refractivity (Wildman–Crippen MR) is 50.3 cm³/mol. The van der Waals surface area contributed by atoms with Crippen molar-refractivity contribution in [1.82, 2.24) is 0 Å². The van der Waals surface area contributed by atoms with Crippen molar-refractivity contribution in [3.63, 3.8) is 0 Å². The molecule has 2 unspecified atom stereocenters. The molecule has 0 aliphatic carbocycles. The molecule has 0 rings (SSSR count). The summed E-state index contributed by atoms with van der Waals surface area (Å²) in [7, 11) is 0. The Morgan fingerprint density at radius 3 is 2.25 bits per heavy atom. The van der Waals surface area contributed by atoms with Crippen molar-refractivity contribution in [1.29, 1.82) is 0 Å². The van der Waals surface area contributed by atoms with Crippen LogP contribution in [0, 0.1) is 5.92 Å². The van der Waals surface area contributed by atoms with Gasteiger partial charge in [0, 0.05) is 0 Å². The SMILES string of the molecule is CCC(Cl)C(=O)OC(C)C(C)C. The second kappa shape index (κ2) is 5.41. The summed E-state index contributed by atoms with van der Waals surface area (Å²) in [5, 5.41) is -0.494. The molecule has 72 valence electrons. The number of rotatable bonds is 4. The molecule has 12 heavy (non-hydrogen) atoms. The highest BCUT2D eigenvalue weighted by atomic mass is 35.5. The molecule has 0 saturated carbocycles. The Hall–Kier alpha value is -0.240. The van der Waals surface area contributed by atoms with Gasteiger partial charge in [-0.05, 0) is 19.3 Å². The van der Waals surface area contributed by atoms with Crippen molar-refractivity contribution in [2.75, 3.05) is 0 Å². The Morgan fingerprint density at radius 1 is 1.42 bits per heavy atom. The standard InChI is InChI=1S/C9H17ClO2/c1-5-8(10)9(11)12-7(4)6(2)3/h6-8H,5H2,1-4H3. The third-order valence-corrected chi connectivity index (χ3v) is 2.34. The Bertz CT molecular complexity index is 145. The average molecular weight is 193 g/mol. The van der Waals surface area contributed by atoms with Gasteiger partial charge in [-0.3, -0.25) is 4.79 Å². The van der Waals surface area contributed by atoms with E-state index in [4.69, 9.17) is 16.3 Å². The summed E-state index contributed by atoms with van der Waals surface area (Å²) >= 11 is 5.69. The minimum Gasteiger partial charge on any atom is -0.461 e. The second-order valence-electron chi connectivity index (χ2n) is 3.26. The summed E-state index contributed by atoms with van der Waals surface area (Å²) in [6, 6.07) is 0. The summed E-state index contributed by atoms with van der Waals surface area (Å²) in [5.41, 5.74) is 0. The molecule has 0 aromatic carbocycles. The summed E-state index contributed by atoms with van der Waals surface area (Å²) in [6.45, 7) is 7.75. The van der Waals surface area contributed by atoms with E-state index in [0.717, 1.165) is 0 Å². The lowest BCUT2D eigenvalue weighted by molar-refractivity contribution is -0.149. The lowest BCUT2D eigenvalue weighted by Gasteiger charge is -2.17. The highest BCUT2D eigenvalue weighted by molar-refractivity contribution is 6.29. The fourth-order valence-electron chi connectivity index (χ4n) is 0.560. The first-order valence-corrected chi connectivity index (χ1v) is 4.77. The highest BCUT2D eigenvalue weighted by Gasteiger charge is 2.18. The van der Waals surface area contributed by atoms with Gasteiger partial charge < -0.3 is 4.74 Å². The summed E-state index contributed by atoms with van der Waals surface area (Å²) in [5.74, 6) is 0.0371. The zero-order valence-electron chi connectivity index (χ0n) is 8.13. The van der Waals surface area contributed by atoms with Crippen LogP contribution < -0.4 is 0 Å². The van der Waals surface area contributed by atoms with Crippen LogP contribution in [0.4, 0.5) is 0 Å². The van der Waals surface area contributed by atoms with Crippen LogP contribution in [-0.2, 0) is 9.53 Å². The molecule has 0 aromatic heterocycles. The van der Waals surface area contributed by atoms with Crippen molar-refractivity contribution in [3.05, 3.63) is 0 Å².